The fourth-order valence-corrected chi connectivity index (χ4v) is 3.80. The first kappa shape index (κ1) is 20.2. The highest BCUT2D eigenvalue weighted by Crippen LogP contribution is 2.32. The van der Waals surface area contributed by atoms with Gasteiger partial charge in [-0.2, -0.15) is 0 Å². The van der Waals surface area contributed by atoms with Crippen LogP contribution < -0.4 is 0 Å². The average Bonchev–Trinajstić information content (AvgIpc) is 2.76. The molecule has 0 amide bonds. The number of unbranched alkanes of at least 4 members (excludes halogenated alkanes) is 2. The van der Waals surface area contributed by atoms with Crippen LogP contribution in [0.5, 0.6) is 0 Å². The Morgan fingerprint density at radius 3 is 2.10 bits per heavy atom. The predicted molar refractivity (Wildman–Crippen MR) is 118 cm³/mol. The Labute approximate surface area is 175 Å². The zero-order valence-corrected chi connectivity index (χ0v) is 16.9. The van der Waals surface area contributed by atoms with Crippen molar-refractivity contribution in [2.75, 3.05) is 0 Å². The minimum absolute atomic E-state index is 0.255. The Balaban J connectivity index is 1.64. The van der Waals surface area contributed by atoms with Crippen LogP contribution in [-0.4, -0.2) is 0 Å². The lowest BCUT2D eigenvalue weighted by molar-refractivity contribution is 0.509. The molecule has 0 heterocycles. The Morgan fingerprint density at radius 2 is 1.37 bits per heavy atom. The van der Waals surface area contributed by atoms with E-state index in [4.69, 9.17) is 0 Å². The van der Waals surface area contributed by atoms with Gasteiger partial charge in [-0.15, -0.1) is 0 Å². The fraction of sp³-hybridized carbons (Fsp3) is 0.185. The Bertz CT molecular complexity index is 1180. The van der Waals surface area contributed by atoms with Crippen LogP contribution in [0.2, 0.25) is 0 Å². The highest BCUT2D eigenvalue weighted by Gasteiger charge is 2.12. The minimum Gasteiger partial charge on any atom is -0.206 e. The number of hydrogen-bond donors (Lipinski definition) is 0. The molecule has 0 nitrogen and oxygen atoms in total. The van der Waals surface area contributed by atoms with Crippen molar-refractivity contribution in [3.63, 3.8) is 0 Å². The summed E-state index contributed by atoms with van der Waals surface area (Å²) in [6.45, 7) is 2.20. The van der Waals surface area contributed by atoms with E-state index in [0.29, 0.717) is 10.9 Å². The molecule has 0 bridgehead atoms. The molecule has 30 heavy (non-hydrogen) atoms. The van der Waals surface area contributed by atoms with E-state index in [1.807, 2.05) is 18.2 Å². The maximum absolute atomic E-state index is 15.1. The van der Waals surface area contributed by atoms with Crippen LogP contribution in [0.1, 0.15) is 31.7 Å². The first-order valence-electron chi connectivity index (χ1n) is 10.3. The van der Waals surface area contributed by atoms with Crippen molar-refractivity contribution in [3.05, 3.63) is 95.8 Å². The van der Waals surface area contributed by atoms with Gasteiger partial charge in [-0.3, -0.25) is 0 Å². The van der Waals surface area contributed by atoms with Crippen molar-refractivity contribution in [1.82, 2.24) is 0 Å². The van der Waals surface area contributed by atoms with E-state index in [1.54, 1.807) is 12.1 Å². The number of rotatable bonds is 6. The summed E-state index contributed by atoms with van der Waals surface area (Å²) in [7, 11) is 0. The van der Waals surface area contributed by atoms with Crippen molar-refractivity contribution in [2.45, 2.75) is 32.6 Å². The molecule has 0 unspecified atom stereocenters. The molecule has 0 atom stereocenters. The van der Waals surface area contributed by atoms with Crippen molar-refractivity contribution in [2.24, 2.45) is 0 Å². The van der Waals surface area contributed by atoms with E-state index >= 15 is 4.39 Å². The Hall–Kier alpha value is -3.07. The largest absolute Gasteiger partial charge is 0.206 e. The van der Waals surface area contributed by atoms with Crippen LogP contribution in [0, 0.1) is 17.5 Å². The lowest BCUT2D eigenvalue weighted by Crippen LogP contribution is -1.91. The second-order valence-electron chi connectivity index (χ2n) is 7.65. The predicted octanol–water partition coefficient (Wildman–Crippen LogP) is 8.32. The van der Waals surface area contributed by atoms with Gasteiger partial charge in [0.25, 0.3) is 0 Å². The summed E-state index contributed by atoms with van der Waals surface area (Å²) in [5.74, 6) is -2.36. The topological polar surface area (TPSA) is 0 Å². The number of benzene rings is 4. The van der Waals surface area contributed by atoms with Crippen LogP contribution in [0.25, 0.3) is 33.0 Å². The molecule has 0 spiro atoms. The molecule has 0 radical (unpaired) electrons. The number of fused-ring (bicyclic) bond motifs is 1. The van der Waals surface area contributed by atoms with E-state index in [2.05, 4.69) is 31.2 Å². The lowest BCUT2D eigenvalue weighted by Gasteiger charge is -2.10. The molecule has 4 rings (SSSR count). The summed E-state index contributed by atoms with van der Waals surface area (Å²) in [5, 5.41) is 1.22. The summed E-state index contributed by atoms with van der Waals surface area (Å²) in [5.41, 5.74) is 4.00. The molecular formula is C27H23F3. The molecule has 152 valence electrons. The SMILES string of the molecule is CCCCCc1ccc(-c2ccc3c(F)c(-c4ccc(F)c(F)c4)ccc3c2)cc1. The quantitative estimate of drug-likeness (QED) is 0.283. The summed E-state index contributed by atoms with van der Waals surface area (Å²) >= 11 is 0. The van der Waals surface area contributed by atoms with Gasteiger partial charge in [0.1, 0.15) is 5.82 Å². The van der Waals surface area contributed by atoms with Crippen molar-refractivity contribution in [1.29, 1.82) is 0 Å². The van der Waals surface area contributed by atoms with Gasteiger partial charge < -0.3 is 0 Å². The monoisotopic (exact) mass is 404 g/mol. The maximum atomic E-state index is 15.1. The van der Waals surface area contributed by atoms with E-state index in [1.165, 1.54) is 30.9 Å². The molecular weight excluding hydrogens is 381 g/mol. The number of halogens is 3. The molecule has 0 fully saturated rings. The lowest BCUT2D eigenvalue weighted by atomic mass is 9.96. The van der Waals surface area contributed by atoms with E-state index in [0.717, 1.165) is 35.1 Å². The van der Waals surface area contributed by atoms with Gasteiger partial charge in [-0.1, -0.05) is 74.4 Å². The van der Waals surface area contributed by atoms with Crippen molar-refractivity contribution >= 4 is 10.8 Å². The van der Waals surface area contributed by atoms with Crippen molar-refractivity contribution < 1.29 is 13.2 Å². The highest BCUT2D eigenvalue weighted by atomic mass is 19.2. The van der Waals surface area contributed by atoms with Crippen LogP contribution in [0.3, 0.4) is 0 Å². The van der Waals surface area contributed by atoms with Crippen molar-refractivity contribution in [3.8, 4) is 22.3 Å². The Morgan fingerprint density at radius 1 is 0.633 bits per heavy atom. The van der Waals surface area contributed by atoms with Crippen LogP contribution >= 0.6 is 0 Å². The zero-order valence-electron chi connectivity index (χ0n) is 16.9. The maximum Gasteiger partial charge on any atom is 0.159 e. The molecule has 4 aromatic rings. The first-order valence-corrected chi connectivity index (χ1v) is 10.3. The zero-order chi connectivity index (χ0) is 21.1. The van der Waals surface area contributed by atoms with Gasteiger partial charge in [-0.25, -0.2) is 13.2 Å². The Kier molecular flexibility index (Phi) is 5.89. The van der Waals surface area contributed by atoms with Gasteiger partial charge in [0.2, 0.25) is 0 Å². The summed E-state index contributed by atoms with van der Waals surface area (Å²) < 4.78 is 41.9. The number of aryl methyl sites for hydroxylation is 1. The van der Waals surface area contributed by atoms with Gasteiger partial charge in [-0.05, 0) is 58.7 Å². The van der Waals surface area contributed by atoms with Crippen LogP contribution in [-0.2, 0) is 6.42 Å². The molecule has 0 aromatic heterocycles. The summed E-state index contributed by atoms with van der Waals surface area (Å²) in [4.78, 5) is 0. The molecule has 0 saturated heterocycles. The third kappa shape index (κ3) is 4.11. The highest BCUT2D eigenvalue weighted by molar-refractivity contribution is 5.91. The van der Waals surface area contributed by atoms with Crippen LogP contribution in [0.15, 0.2) is 72.8 Å². The van der Waals surface area contributed by atoms with E-state index < -0.39 is 17.5 Å². The van der Waals surface area contributed by atoms with Gasteiger partial charge in [0.15, 0.2) is 11.6 Å². The molecule has 0 N–H and O–H groups in total. The smallest absolute Gasteiger partial charge is 0.159 e. The molecule has 4 aromatic carbocycles. The molecule has 3 heteroatoms. The molecule has 0 aliphatic carbocycles. The number of hydrogen-bond acceptors (Lipinski definition) is 0. The third-order valence-electron chi connectivity index (χ3n) is 5.54. The first-order chi connectivity index (χ1) is 14.6. The van der Waals surface area contributed by atoms with Gasteiger partial charge in [0, 0.05) is 10.9 Å². The standard InChI is InChI=1S/C27H23F3/c1-2-3-4-5-18-6-8-19(9-7-18)20-10-13-23-21(16-20)11-14-24(27(23)30)22-12-15-25(28)26(29)17-22/h6-17H,2-5H2,1H3. The van der Waals surface area contributed by atoms with Gasteiger partial charge in [0.05, 0.1) is 0 Å². The fourth-order valence-electron chi connectivity index (χ4n) is 3.80. The van der Waals surface area contributed by atoms with E-state index in [-0.39, 0.29) is 5.56 Å². The minimum atomic E-state index is -0.986. The summed E-state index contributed by atoms with van der Waals surface area (Å²) in [6.07, 6.45) is 4.74. The van der Waals surface area contributed by atoms with Crippen LogP contribution in [0.4, 0.5) is 13.2 Å². The molecule has 0 aliphatic rings. The molecule has 0 saturated carbocycles. The van der Waals surface area contributed by atoms with Gasteiger partial charge >= 0.3 is 0 Å². The summed E-state index contributed by atoms with van der Waals surface area (Å²) in [6, 6.07) is 21.0. The van der Waals surface area contributed by atoms with E-state index in [9.17, 15) is 8.78 Å². The second kappa shape index (κ2) is 8.74. The normalized spacial score (nSPS) is 11.2. The average molecular weight is 404 g/mol. The second-order valence-corrected chi connectivity index (χ2v) is 7.65. The molecule has 0 aliphatic heterocycles. The third-order valence-corrected chi connectivity index (χ3v) is 5.54.